The van der Waals surface area contributed by atoms with Crippen LogP contribution in [-0.4, -0.2) is 17.3 Å². The smallest absolute Gasteiger partial charge is 0.172 e. The Balaban J connectivity index is 0.000000235. The zero-order chi connectivity index (χ0) is 26.9. The van der Waals surface area contributed by atoms with E-state index in [0.29, 0.717) is 5.92 Å². The molecular formula is C36H35Cl2NZr-2. The molecule has 0 fully saturated rings. The van der Waals surface area contributed by atoms with Crippen molar-refractivity contribution in [2.24, 2.45) is 0 Å². The second kappa shape index (κ2) is 16.5. The molecule has 0 aliphatic heterocycles. The number of halogens is 2. The summed E-state index contributed by atoms with van der Waals surface area (Å²) in [5.41, 5.74) is 5.33. The summed E-state index contributed by atoms with van der Waals surface area (Å²) in [4.78, 5) is 2.15. The van der Waals surface area contributed by atoms with E-state index in [2.05, 4.69) is 136 Å². The molecule has 6 aromatic rings. The van der Waals surface area contributed by atoms with Crippen LogP contribution >= 0.6 is 0 Å². The summed E-state index contributed by atoms with van der Waals surface area (Å²) in [6.45, 7) is 4.49. The summed E-state index contributed by atoms with van der Waals surface area (Å²) in [6, 6.07) is 47.0. The Morgan fingerprint density at radius 1 is 0.650 bits per heavy atom. The van der Waals surface area contributed by atoms with Gasteiger partial charge in [-0.2, -0.15) is 18.2 Å². The molecule has 0 saturated carbocycles. The summed E-state index contributed by atoms with van der Waals surface area (Å²) in [5, 5.41) is 5.42. The van der Waals surface area contributed by atoms with Gasteiger partial charge in [-0.1, -0.05) is 49.7 Å². The Kier molecular flexibility index (Phi) is 13.8. The maximum atomic E-state index is 2.33. The van der Waals surface area contributed by atoms with E-state index in [-0.39, 0.29) is 24.8 Å². The fraction of sp³-hybridized carbons (Fsp3) is 0.139. The van der Waals surface area contributed by atoms with Crippen molar-refractivity contribution >= 4 is 30.4 Å². The minimum atomic E-state index is 0. The molecule has 0 aliphatic carbocycles. The van der Waals surface area contributed by atoms with Crippen LogP contribution in [0.5, 0.6) is 0 Å². The molecule has 40 heavy (non-hydrogen) atoms. The van der Waals surface area contributed by atoms with E-state index in [1.807, 2.05) is 30.3 Å². The minimum Gasteiger partial charge on any atom is -0.214 e. The third kappa shape index (κ3) is 8.87. The molecular weight excluding hydrogens is 609 g/mol. The molecule has 0 N–H and O–H groups in total. The van der Waals surface area contributed by atoms with E-state index in [4.69, 9.17) is 0 Å². The van der Waals surface area contributed by atoms with E-state index in [9.17, 15) is 0 Å². The Labute approximate surface area is 266 Å². The van der Waals surface area contributed by atoms with Crippen molar-refractivity contribution in [3.63, 3.8) is 0 Å². The molecule has 6 rings (SSSR count). The van der Waals surface area contributed by atoms with E-state index >= 15 is 0 Å². The second-order valence-corrected chi connectivity index (χ2v) is 11.1. The first-order chi connectivity index (χ1) is 18.4. The van der Waals surface area contributed by atoms with Crippen LogP contribution in [0, 0.1) is 0 Å². The SMILES string of the molecule is CC(C)c1ccc2c(c1)[cH-]c1cc(N(C)C)ccc12.[Cl-].[Cl-].[Zr+2]=[C](c1ccccc1)c1ccccc1.c1cc[cH-]c1. The van der Waals surface area contributed by atoms with Gasteiger partial charge in [0, 0.05) is 19.8 Å². The fourth-order valence-corrected chi connectivity index (χ4v) is 5.18. The van der Waals surface area contributed by atoms with Gasteiger partial charge < -0.3 is 29.7 Å². The van der Waals surface area contributed by atoms with Gasteiger partial charge in [-0.05, 0) is 5.92 Å². The van der Waals surface area contributed by atoms with Crippen LogP contribution in [0.3, 0.4) is 0 Å². The first-order valence-corrected chi connectivity index (χ1v) is 14.3. The zero-order valence-electron chi connectivity index (χ0n) is 23.5. The quantitative estimate of drug-likeness (QED) is 0.267. The van der Waals surface area contributed by atoms with Gasteiger partial charge in [0.05, 0.1) is 0 Å². The predicted molar refractivity (Wildman–Crippen MR) is 164 cm³/mol. The molecule has 0 amide bonds. The first-order valence-electron chi connectivity index (χ1n) is 13.1. The Hall–Kier alpha value is -2.77. The van der Waals surface area contributed by atoms with Crippen LogP contribution in [0.25, 0.3) is 21.5 Å². The average Bonchev–Trinajstić information content (AvgIpc) is 3.65. The molecule has 0 bridgehead atoms. The van der Waals surface area contributed by atoms with Crippen LogP contribution in [0.1, 0.15) is 36.5 Å². The van der Waals surface area contributed by atoms with Gasteiger partial charge in [0.25, 0.3) is 0 Å². The Morgan fingerprint density at radius 2 is 1.15 bits per heavy atom. The second-order valence-electron chi connectivity index (χ2n) is 9.88. The fourth-order valence-electron chi connectivity index (χ4n) is 4.36. The van der Waals surface area contributed by atoms with Crippen molar-refractivity contribution in [1.29, 1.82) is 0 Å². The van der Waals surface area contributed by atoms with Gasteiger partial charge in [-0.15, -0.1) is 33.7 Å². The first kappa shape index (κ1) is 33.4. The number of benzene rings is 4. The summed E-state index contributed by atoms with van der Waals surface area (Å²) < 4.78 is 1.42. The molecule has 0 aliphatic rings. The number of hydrogen-bond donors (Lipinski definition) is 0. The Morgan fingerprint density at radius 3 is 1.60 bits per heavy atom. The van der Waals surface area contributed by atoms with Crippen molar-refractivity contribution in [2.75, 3.05) is 19.0 Å². The van der Waals surface area contributed by atoms with Gasteiger partial charge in [0.1, 0.15) is 0 Å². The maximum absolute atomic E-state index is 2.33. The van der Waals surface area contributed by atoms with Gasteiger partial charge in [0.2, 0.25) is 0 Å². The molecule has 0 spiro atoms. The molecule has 0 saturated heterocycles. The molecule has 0 atom stereocenters. The third-order valence-electron chi connectivity index (χ3n) is 6.58. The van der Waals surface area contributed by atoms with Crippen LogP contribution < -0.4 is 29.7 Å². The van der Waals surface area contributed by atoms with E-state index in [1.165, 1.54) is 71.4 Å². The van der Waals surface area contributed by atoms with Crippen molar-refractivity contribution in [1.82, 2.24) is 0 Å². The topological polar surface area (TPSA) is 3.24 Å². The predicted octanol–water partition coefficient (Wildman–Crippen LogP) is 3.12. The standard InChI is InChI=1S/C18H20N.C13H10.C5H5.2ClH.Zr/c1-12(2)13-5-7-17-14(9-13)10-15-11-16(19(3)4)6-8-18(15)17;1-3-7-12(8-4-1)11-13-9-5-2-6-10-13;1-2-4-5-3-1;;;/h5-12H,1-4H3;1-10H;1-5H;2*1H;/q-1;;-1;;;+2/p-2. The molecule has 0 unspecified atom stereocenters. The summed E-state index contributed by atoms with van der Waals surface area (Å²) in [5.74, 6) is 0.583. The normalized spacial score (nSPS) is 9.97. The number of rotatable bonds is 4. The molecule has 6 aromatic carbocycles. The molecule has 1 nitrogen and oxygen atoms in total. The van der Waals surface area contributed by atoms with Crippen LogP contribution in [-0.2, 0) is 24.2 Å². The number of hydrogen-bond acceptors (Lipinski definition) is 1. The molecule has 0 aromatic heterocycles. The largest absolute Gasteiger partial charge is 0.214 e. The van der Waals surface area contributed by atoms with Gasteiger partial charge in [0.15, 0.2) is 0 Å². The van der Waals surface area contributed by atoms with E-state index in [0.717, 1.165) is 0 Å². The van der Waals surface area contributed by atoms with Crippen molar-refractivity contribution in [3.8, 4) is 0 Å². The van der Waals surface area contributed by atoms with Crippen molar-refractivity contribution in [2.45, 2.75) is 19.8 Å². The van der Waals surface area contributed by atoms with Gasteiger partial charge in [-0.25, -0.2) is 12.1 Å². The minimum absolute atomic E-state index is 0. The zero-order valence-corrected chi connectivity index (χ0v) is 27.5. The average molecular weight is 644 g/mol. The van der Waals surface area contributed by atoms with E-state index < -0.39 is 0 Å². The van der Waals surface area contributed by atoms with Gasteiger partial charge in [-0.3, -0.25) is 0 Å². The van der Waals surface area contributed by atoms with Crippen molar-refractivity contribution < 1.29 is 49.0 Å². The Bertz CT molecular complexity index is 1450. The molecule has 204 valence electrons. The van der Waals surface area contributed by atoms with Crippen LogP contribution in [0.4, 0.5) is 5.69 Å². The summed E-state index contributed by atoms with van der Waals surface area (Å²) >= 11 is 1.46. The van der Waals surface area contributed by atoms with Gasteiger partial charge >= 0.3 is 99.2 Å². The number of nitrogens with zero attached hydrogens (tertiary/aromatic N) is 1. The number of fused-ring (bicyclic) bond motifs is 3. The van der Waals surface area contributed by atoms with Crippen LogP contribution in [0.15, 0.2) is 133 Å². The maximum Gasteiger partial charge on any atom is -0.172 e. The number of anilines is 1. The summed E-state index contributed by atoms with van der Waals surface area (Å²) in [7, 11) is 4.17. The van der Waals surface area contributed by atoms with E-state index in [1.54, 1.807) is 0 Å². The molecule has 0 radical (unpaired) electrons. The van der Waals surface area contributed by atoms with Crippen LogP contribution in [0.2, 0.25) is 0 Å². The third-order valence-corrected chi connectivity index (χ3v) is 7.99. The molecule has 0 heterocycles. The monoisotopic (exact) mass is 641 g/mol. The molecule has 4 heteroatoms. The van der Waals surface area contributed by atoms with Crippen molar-refractivity contribution in [3.05, 3.63) is 150 Å². The summed E-state index contributed by atoms with van der Waals surface area (Å²) in [6.07, 6.45) is 0.